The minimum absolute atomic E-state index is 0.122. The second kappa shape index (κ2) is 9.37. The first-order chi connectivity index (χ1) is 13.9. The first-order valence-electron chi connectivity index (χ1n) is 9.62. The van der Waals surface area contributed by atoms with Crippen LogP contribution in [-0.4, -0.2) is 45.4 Å². The van der Waals surface area contributed by atoms with Gasteiger partial charge in [-0.1, -0.05) is 18.6 Å². The Bertz CT molecular complexity index is 955. The van der Waals surface area contributed by atoms with Gasteiger partial charge in [-0.2, -0.15) is 4.31 Å². The van der Waals surface area contributed by atoms with Gasteiger partial charge in [0, 0.05) is 25.2 Å². The quantitative estimate of drug-likeness (QED) is 0.747. The van der Waals surface area contributed by atoms with Crippen LogP contribution in [0.2, 0.25) is 0 Å². The molecule has 1 heterocycles. The van der Waals surface area contributed by atoms with E-state index in [2.05, 4.69) is 5.32 Å². The Balaban J connectivity index is 1.67. The van der Waals surface area contributed by atoms with E-state index in [9.17, 15) is 17.6 Å². The van der Waals surface area contributed by atoms with Crippen LogP contribution in [0.3, 0.4) is 0 Å². The van der Waals surface area contributed by atoms with E-state index in [1.54, 1.807) is 7.11 Å². The number of methoxy groups -OCH3 is 1. The second-order valence-electron chi connectivity index (χ2n) is 6.96. The van der Waals surface area contributed by atoms with Gasteiger partial charge in [0.15, 0.2) is 0 Å². The van der Waals surface area contributed by atoms with Crippen molar-refractivity contribution in [1.82, 2.24) is 9.62 Å². The Morgan fingerprint density at radius 3 is 2.45 bits per heavy atom. The Morgan fingerprint density at radius 1 is 1.10 bits per heavy atom. The van der Waals surface area contributed by atoms with Gasteiger partial charge in [0.25, 0.3) is 5.91 Å². The van der Waals surface area contributed by atoms with Crippen LogP contribution in [0.4, 0.5) is 4.39 Å². The first-order valence-corrected chi connectivity index (χ1v) is 11.1. The van der Waals surface area contributed by atoms with Crippen molar-refractivity contribution in [3.05, 3.63) is 59.4 Å². The molecular formula is C21H25FN2O4S. The molecule has 2 aromatic rings. The van der Waals surface area contributed by atoms with Crippen LogP contribution in [0.15, 0.2) is 47.4 Å². The van der Waals surface area contributed by atoms with E-state index in [0.717, 1.165) is 42.7 Å². The van der Waals surface area contributed by atoms with Gasteiger partial charge in [-0.3, -0.25) is 4.79 Å². The fraction of sp³-hybridized carbons (Fsp3) is 0.381. The summed E-state index contributed by atoms with van der Waals surface area (Å²) in [5, 5.41) is 2.75. The standard InChI is InChI=1S/C21H25FN2O4S/c1-28-18-8-5-16(6-9-18)11-12-23-21(25)17-7-10-19(22)20(15-17)29(26,27)24-13-3-2-4-14-24/h5-10,15H,2-4,11-14H2,1H3,(H,23,25). The number of rotatable bonds is 7. The Morgan fingerprint density at radius 2 is 1.79 bits per heavy atom. The highest BCUT2D eigenvalue weighted by Crippen LogP contribution is 2.24. The molecule has 3 rings (SSSR count). The van der Waals surface area contributed by atoms with Gasteiger partial charge in [0.1, 0.15) is 16.5 Å². The lowest BCUT2D eigenvalue weighted by molar-refractivity contribution is 0.0954. The third kappa shape index (κ3) is 5.13. The molecule has 8 heteroatoms. The first kappa shape index (κ1) is 21.3. The molecule has 1 amide bonds. The zero-order chi connectivity index (χ0) is 20.9. The van der Waals surface area contributed by atoms with Crippen LogP contribution in [-0.2, 0) is 16.4 Å². The number of carbonyl (C=O) groups excluding carboxylic acids is 1. The summed E-state index contributed by atoms with van der Waals surface area (Å²) in [6, 6.07) is 11.0. The lowest BCUT2D eigenvalue weighted by Crippen LogP contribution is -2.36. The number of hydrogen-bond donors (Lipinski definition) is 1. The van der Waals surface area contributed by atoms with Crippen LogP contribution in [0, 0.1) is 5.82 Å². The van der Waals surface area contributed by atoms with E-state index >= 15 is 0 Å². The molecule has 6 nitrogen and oxygen atoms in total. The van der Waals surface area contributed by atoms with Gasteiger partial charge in [0.05, 0.1) is 7.11 Å². The number of nitrogens with zero attached hydrogens (tertiary/aromatic N) is 1. The van der Waals surface area contributed by atoms with E-state index in [1.807, 2.05) is 24.3 Å². The van der Waals surface area contributed by atoms with Gasteiger partial charge in [-0.15, -0.1) is 0 Å². The van der Waals surface area contributed by atoms with Crippen LogP contribution < -0.4 is 10.1 Å². The monoisotopic (exact) mass is 420 g/mol. The fourth-order valence-electron chi connectivity index (χ4n) is 3.30. The summed E-state index contributed by atoms with van der Waals surface area (Å²) < 4.78 is 46.2. The summed E-state index contributed by atoms with van der Waals surface area (Å²) in [6.45, 7) is 1.12. The Hall–Kier alpha value is -2.45. The molecule has 0 aliphatic carbocycles. The van der Waals surface area contributed by atoms with Gasteiger partial charge in [-0.25, -0.2) is 12.8 Å². The Kier molecular flexibility index (Phi) is 6.87. The molecule has 29 heavy (non-hydrogen) atoms. The van der Waals surface area contributed by atoms with E-state index in [0.29, 0.717) is 26.1 Å². The van der Waals surface area contributed by atoms with Gasteiger partial charge in [-0.05, 0) is 55.2 Å². The third-order valence-electron chi connectivity index (χ3n) is 4.98. The summed E-state index contributed by atoms with van der Waals surface area (Å²) in [5.74, 6) is -0.523. The normalized spacial score (nSPS) is 15.1. The molecule has 0 aromatic heterocycles. The smallest absolute Gasteiger partial charge is 0.251 e. The average Bonchev–Trinajstić information content (AvgIpc) is 2.75. The minimum atomic E-state index is -3.95. The molecule has 1 aliphatic rings. The van der Waals surface area contributed by atoms with Crippen LogP contribution in [0.5, 0.6) is 5.75 Å². The van der Waals surface area contributed by atoms with Crippen molar-refractivity contribution in [3.63, 3.8) is 0 Å². The summed E-state index contributed by atoms with van der Waals surface area (Å²) in [7, 11) is -2.36. The fourth-order valence-corrected chi connectivity index (χ4v) is 4.91. The van der Waals surface area contributed by atoms with E-state index in [1.165, 1.54) is 10.4 Å². The SMILES string of the molecule is COc1ccc(CCNC(=O)c2ccc(F)c(S(=O)(=O)N3CCCCC3)c2)cc1. The molecule has 0 saturated carbocycles. The zero-order valence-electron chi connectivity index (χ0n) is 16.4. The number of piperidine rings is 1. The number of nitrogens with one attached hydrogen (secondary N) is 1. The van der Waals surface area contributed by atoms with Gasteiger partial charge >= 0.3 is 0 Å². The molecule has 0 atom stereocenters. The lowest BCUT2D eigenvalue weighted by atomic mass is 10.1. The van der Waals surface area contributed by atoms with E-state index < -0.39 is 26.6 Å². The van der Waals surface area contributed by atoms with E-state index in [4.69, 9.17) is 4.74 Å². The number of carbonyl (C=O) groups is 1. The molecule has 0 radical (unpaired) electrons. The molecule has 1 saturated heterocycles. The highest BCUT2D eigenvalue weighted by Gasteiger charge is 2.29. The molecule has 0 unspecified atom stereocenters. The van der Waals surface area contributed by atoms with Crippen LogP contribution in [0.25, 0.3) is 0 Å². The molecule has 1 aliphatic heterocycles. The van der Waals surface area contributed by atoms with Crippen molar-refractivity contribution < 1.29 is 22.3 Å². The molecule has 1 fully saturated rings. The molecule has 0 bridgehead atoms. The lowest BCUT2D eigenvalue weighted by Gasteiger charge is -2.26. The number of hydrogen-bond acceptors (Lipinski definition) is 4. The predicted octanol–water partition coefficient (Wildman–Crippen LogP) is 2.98. The molecule has 156 valence electrons. The number of ether oxygens (including phenoxy) is 1. The average molecular weight is 421 g/mol. The number of sulfonamides is 1. The van der Waals surface area contributed by atoms with E-state index in [-0.39, 0.29) is 5.56 Å². The highest BCUT2D eigenvalue weighted by molar-refractivity contribution is 7.89. The van der Waals surface area contributed by atoms with Crippen molar-refractivity contribution in [3.8, 4) is 5.75 Å². The van der Waals surface area contributed by atoms with Crippen LogP contribution in [0.1, 0.15) is 35.2 Å². The number of benzene rings is 2. The zero-order valence-corrected chi connectivity index (χ0v) is 17.2. The largest absolute Gasteiger partial charge is 0.497 e. The number of halogens is 1. The molecule has 2 aromatic carbocycles. The summed E-state index contributed by atoms with van der Waals surface area (Å²) in [4.78, 5) is 12.0. The summed E-state index contributed by atoms with van der Waals surface area (Å²) >= 11 is 0. The molecule has 0 spiro atoms. The highest BCUT2D eigenvalue weighted by atomic mass is 32.2. The third-order valence-corrected chi connectivity index (χ3v) is 6.90. The van der Waals surface area contributed by atoms with Crippen LogP contribution >= 0.6 is 0 Å². The van der Waals surface area contributed by atoms with Crippen molar-refractivity contribution in [2.24, 2.45) is 0 Å². The molecule has 1 N–H and O–H groups in total. The van der Waals surface area contributed by atoms with Crippen molar-refractivity contribution in [2.45, 2.75) is 30.6 Å². The topological polar surface area (TPSA) is 75.7 Å². The number of amides is 1. The maximum absolute atomic E-state index is 14.3. The van der Waals surface area contributed by atoms with Gasteiger partial charge in [0.2, 0.25) is 10.0 Å². The maximum Gasteiger partial charge on any atom is 0.251 e. The Labute approximate surface area is 170 Å². The summed E-state index contributed by atoms with van der Waals surface area (Å²) in [6.07, 6.45) is 3.08. The maximum atomic E-state index is 14.3. The van der Waals surface area contributed by atoms with Crippen molar-refractivity contribution in [2.75, 3.05) is 26.7 Å². The predicted molar refractivity (Wildman–Crippen MR) is 108 cm³/mol. The van der Waals surface area contributed by atoms with Crippen molar-refractivity contribution >= 4 is 15.9 Å². The van der Waals surface area contributed by atoms with Gasteiger partial charge < -0.3 is 10.1 Å². The molecular weight excluding hydrogens is 395 g/mol. The van der Waals surface area contributed by atoms with Crippen molar-refractivity contribution in [1.29, 1.82) is 0 Å². The minimum Gasteiger partial charge on any atom is -0.497 e. The second-order valence-corrected chi connectivity index (χ2v) is 8.87. The summed E-state index contributed by atoms with van der Waals surface area (Å²) in [5.41, 5.74) is 1.15.